The number of amides is 1. The van der Waals surface area contributed by atoms with Gasteiger partial charge in [0.25, 0.3) is 0 Å². The number of anilines is 3. The minimum Gasteiger partial charge on any atom is -0.364 e. The van der Waals surface area contributed by atoms with Crippen molar-refractivity contribution in [1.82, 2.24) is 15.0 Å². The van der Waals surface area contributed by atoms with Gasteiger partial charge in [-0.1, -0.05) is 55.8 Å². The number of carbonyl (C=O) groups excluding carboxylic acids is 1. The highest BCUT2D eigenvalue weighted by molar-refractivity contribution is 6.33. The minimum atomic E-state index is -0.130. The van der Waals surface area contributed by atoms with Crippen LogP contribution in [0, 0.1) is 0 Å². The Morgan fingerprint density at radius 2 is 1.53 bits per heavy atom. The van der Waals surface area contributed by atoms with Crippen molar-refractivity contribution in [3.05, 3.63) is 69.2 Å². The van der Waals surface area contributed by atoms with Crippen molar-refractivity contribution >= 4 is 69.6 Å². The monoisotopic (exact) mass is 543 g/mol. The molecule has 0 saturated carbocycles. The molecule has 0 aliphatic heterocycles. The number of para-hydroxylation sites is 2. The first-order chi connectivity index (χ1) is 16.3. The van der Waals surface area contributed by atoms with Gasteiger partial charge in [-0.3, -0.25) is 9.69 Å². The molecule has 0 bridgehead atoms. The molecule has 0 atom stereocenters. The van der Waals surface area contributed by atoms with E-state index in [0.717, 1.165) is 29.7 Å². The molecule has 0 saturated heterocycles. The fourth-order valence-corrected chi connectivity index (χ4v) is 3.78. The number of rotatable bonds is 8. The lowest BCUT2D eigenvalue weighted by molar-refractivity contribution is -0.117. The fraction of sp³-hybridized carbons (Fsp3) is 0.304. The Labute approximate surface area is 219 Å². The van der Waals surface area contributed by atoms with E-state index < -0.39 is 0 Å². The van der Waals surface area contributed by atoms with Crippen LogP contribution in [-0.4, -0.2) is 40.6 Å². The van der Waals surface area contributed by atoms with Crippen molar-refractivity contribution in [2.75, 3.05) is 29.9 Å². The van der Waals surface area contributed by atoms with Crippen molar-refractivity contribution < 1.29 is 9.53 Å². The number of nitrogens with one attached hydrogen (secondary N) is 1. The second-order valence-electron chi connectivity index (χ2n) is 6.81. The van der Waals surface area contributed by atoms with Crippen LogP contribution in [0.15, 0.2) is 42.5 Å². The van der Waals surface area contributed by atoms with Crippen molar-refractivity contribution in [1.29, 1.82) is 0 Å². The summed E-state index contributed by atoms with van der Waals surface area (Å²) in [5.41, 5.74) is 3.91. The number of carbonyl (C=O) groups is 1. The number of aryl methyl sites for hydroxylation is 2. The Bertz CT molecular complexity index is 1060. The van der Waals surface area contributed by atoms with Crippen LogP contribution in [0.2, 0.25) is 15.6 Å². The Kier molecular flexibility index (Phi) is 11.8. The Hall–Kier alpha value is -2.16. The zero-order valence-electron chi connectivity index (χ0n) is 19.0. The first-order valence-electron chi connectivity index (χ1n) is 10.4. The topological polar surface area (TPSA) is 80.2 Å². The van der Waals surface area contributed by atoms with E-state index in [-0.39, 0.29) is 35.0 Å². The second-order valence-corrected chi connectivity index (χ2v) is 8.16. The molecule has 1 N–H and O–H groups in total. The van der Waals surface area contributed by atoms with Gasteiger partial charge in [0.1, 0.15) is 12.6 Å². The van der Waals surface area contributed by atoms with E-state index in [2.05, 4.69) is 34.1 Å². The highest BCUT2D eigenvalue weighted by atomic mass is 35.5. The van der Waals surface area contributed by atoms with Gasteiger partial charge >= 0.3 is 0 Å². The summed E-state index contributed by atoms with van der Waals surface area (Å²) in [5.74, 6) is 0.0807. The van der Waals surface area contributed by atoms with Crippen molar-refractivity contribution in [3.8, 4) is 0 Å². The average molecular weight is 545 g/mol. The average Bonchev–Trinajstić information content (AvgIpc) is 2.83. The summed E-state index contributed by atoms with van der Waals surface area (Å²) in [6.07, 6.45) is 1.75. The predicted octanol–water partition coefficient (Wildman–Crippen LogP) is 6.56. The zero-order chi connectivity index (χ0) is 25.1. The number of alkyl halides is 1. The molecular formula is C23H25Cl4N5O2. The summed E-state index contributed by atoms with van der Waals surface area (Å²) in [4.78, 5) is 24.9. The lowest BCUT2D eigenvalue weighted by Gasteiger charge is -2.26. The lowest BCUT2D eigenvalue weighted by atomic mass is 10.0. The van der Waals surface area contributed by atoms with Crippen LogP contribution < -0.4 is 10.2 Å². The van der Waals surface area contributed by atoms with Gasteiger partial charge in [0.15, 0.2) is 0 Å². The molecular weight excluding hydrogens is 520 g/mol. The smallest absolute Gasteiger partial charge is 0.243 e. The van der Waals surface area contributed by atoms with Gasteiger partial charge in [-0.15, -0.1) is 11.6 Å². The zero-order valence-corrected chi connectivity index (χ0v) is 22.0. The molecule has 182 valence electrons. The van der Waals surface area contributed by atoms with E-state index in [0.29, 0.717) is 10.7 Å². The summed E-state index contributed by atoms with van der Waals surface area (Å²) in [5, 5.41) is 3.49. The van der Waals surface area contributed by atoms with E-state index in [1.54, 1.807) is 24.1 Å². The van der Waals surface area contributed by atoms with Crippen LogP contribution in [-0.2, 0) is 22.4 Å². The third-order valence-electron chi connectivity index (χ3n) is 4.61. The van der Waals surface area contributed by atoms with Crippen LogP contribution in [0.25, 0.3) is 0 Å². The number of hydrogen-bond acceptors (Lipinski definition) is 6. The number of nitrogens with zero attached hydrogens (tertiary/aromatic N) is 4. The van der Waals surface area contributed by atoms with E-state index in [1.165, 1.54) is 0 Å². The molecule has 0 aliphatic carbocycles. The quantitative estimate of drug-likeness (QED) is 0.255. The van der Waals surface area contributed by atoms with Crippen molar-refractivity contribution in [2.45, 2.75) is 26.7 Å². The van der Waals surface area contributed by atoms with Gasteiger partial charge in [0.05, 0.1) is 16.4 Å². The Morgan fingerprint density at radius 3 is 2.03 bits per heavy atom. The second kappa shape index (κ2) is 14.3. The third kappa shape index (κ3) is 7.96. The molecule has 1 amide bonds. The molecule has 3 rings (SSSR count). The first kappa shape index (κ1) is 28.1. The van der Waals surface area contributed by atoms with Crippen molar-refractivity contribution in [3.63, 3.8) is 0 Å². The highest BCUT2D eigenvalue weighted by Gasteiger charge is 2.19. The van der Waals surface area contributed by atoms with E-state index in [1.807, 2.05) is 30.3 Å². The molecule has 34 heavy (non-hydrogen) atoms. The molecule has 2 aromatic carbocycles. The number of hydrogen-bond donors (Lipinski definition) is 1. The van der Waals surface area contributed by atoms with Gasteiger partial charge in [-0.05, 0) is 59.3 Å². The van der Waals surface area contributed by atoms with Gasteiger partial charge in [-0.2, -0.15) is 15.0 Å². The molecule has 3 aromatic rings. The van der Waals surface area contributed by atoms with Gasteiger partial charge < -0.3 is 10.1 Å². The Balaban J connectivity index is 0.000000241. The normalized spacial score (nSPS) is 10.3. The summed E-state index contributed by atoms with van der Waals surface area (Å²) >= 11 is 22.9. The number of ether oxygens (including phenoxy) is 1. The van der Waals surface area contributed by atoms with Gasteiger partial charge in [0.2, 0.25) is 22.4 Å². The largest absolute Gasteiger partial charge is 0.364 e. The van der Waals surface area contributed by atoms with Crippen LogP contribution in [0.1, 0.15) is 25.0 Å². The van der Waals surface area contributed by atoms with Crippen LogP contribution in [0.3, 0.4) is 0 Å². The standard InChI is InChI=1S/C14H20ClNO2.C9H5Cl3N4/c1-4-11-7-6-8-12(5-2)14(11)16(10-18-3)13(17)9-15;10-5-3-1-2-4-6(5)13-9-15-7(11)14-8(12)16-9/h6-8H,4-5,9-10H2,1-3H3;1-4H,(H,13,14,15,16). The summed E-state index contributed by atoms with van der Waals surface area (Å²) in [6, 6.07) is 13.3. The van der Waals surface area contributed by atoms with Crippen molar-refractivity contribution in [2.24, 2.45) is 0 Å². The maximum absolute atomic E-state index is 12.0. The number of aromatic nitrogens is 3. The number of methoxy groups -OCH3 is 1. The fourth-order valence-electron chi connectivity index (χ4n) is 3.09. The first-order valence-corrected chi connectivity index (χ1v) is 12.1. The summed E-state index contributed by atoms with van der Waals surface area (Å²) < 4.78 is 5.13. The third-order valence-corrected chi connectivity index (χ3v) is 5.51. The van der Waals surface area contributed by atoms with E-state index >= 15 is 0 Å². The molecule has 0 radical (unpaired) electrons. The minimum absolute atomic E-state index is 0.0227. The molecule has 0 fully saturated rings. The highest BCUT2D eigenvalue weighted by Crippen LogP contribution is 2.27. The molecule has 0 unspecified atom stereocenters. The predicted molar refractivity (Wildman–Crippen MR) is 140 cm³/mol. The summed E-state index contributed by atoms with van der Waals surface area (Å²) in [6.45, 7) is 4.39. The van der Waals surface area contributed by atoms with Crippen LogP contribution in [0.4, 0.5) is 17.3 Å². The van der Waals surface area contributed by atoms with E-state index in [9.17, 15) is 4.79 Å². The molecule has 1 heterocycles. The summed E-state index contributed by atoms with van der Waals surface area (Å²) in [7, 11) is 1.58. The van der Waals surface area contributed by atoms with E-state index in [4.69, 9.17) is 51.1 Å². The van der Waals surface area contributed by atoms with Gasteiger partial charge in [-0.25, -0.2) is 0 Å². The maximum atomic E-state index is 12.0. The molecule has 7 nitrogen and oxygen atoms in total. The number of benzene rings is 2. The molecule has 11 heteroatoms. The lowest BCUT2D eigenvalue weighted by Crippen LogP contribution is -2.35. The van der Waals surface area contributed by atoms with Crippen LogP contribution >= 0.6 is 46.4 Å². The maximum Gasteiger partial charge on any atom is 0.243 e. The number of halogens is 4. The van der Waals surface area contributed by atoms with Crippen LogP contribution in [0.5, 0.6) is 0 Å². The van der Waals surface area contributed by atoms with Gasteiger partial charge in [0, 0.05) is 7.11 Å². The SMILES string of the molecule is CCc1cccc(CC)c1N(COC)C(=O)CCl.Clc1nc(Cl)nc(Nc2ccccc2Cl)n1. The molecule has 0 aliphatic rings. The molecule has 1 aromatic heterocycles. The Morgan fingerprint density at radius 1 is 0.941 bits per heavy atom. The molecule has 0 spiro atoms.